The number of thioether (sulfide) groups is 1. The number of carbonyl (C=O) groups is 2. The van der Waals surface area contributed by atoms with Gasteiger partial charge in [-0.2, -0.15) is 0 Å². The largest absolute Gasteiger partial charge is 0.493 e. The number of nitrogens with zero attached hydrogens (tertiary/aromatic N) is 1. The maximum atomic E-state index is 13.2. The number of halogens is 3. The lowest BCUT2D eigenvalue weighted by molar-refractivity contribution is -0.123. The van der Waals surface area contributed by atoms with E-state index in [0.717, 1.165) is 22.7 Å². The summed E-state index contributed by atoms with van der Waals surface area (Å²) in [6.45, 7) is 2.31. The summed E-state index contributed by atoms with van der Waals surface area (Å²) < 4.78 is 24.8. The molecule has 0 spiro atoms. The summed E-state index contributed by atoms with van der Waals surface area (Å²) in [6.07, 6.45) is 1.61. The summed E-state index contributed by atoms with van der Waals surface area (Å²) in [4.78, 5) is 26.5. The second kappa shape index (κ2) is 9.19. The molecular formula is C20H16BrClFNO4S. The van der Waals surface area contributed by atoms with Gasteiger partial charge in [-0.1, -0.05) is 33.6 Å². The van der Waals surface area contributed by atoms with Crippen LogP contribution in [0.15, 0.2) is 39.7 Å². The number of hydrogen-bond donors (Lipinski definition) is 0. The summed E-state index contributed by atoms with van der Waals surface area (Å²) in [6, 6.07) is 7.31. The SMILES string of the molecule is CCOc1cc(Br)c(/C=C2\SC(=O)N(Cc3ccc(F)cc3Cl)C2=O)cc1OC. The quantitative estimate of drug-likeness (QED) is 0.463. The van der Waals surface area contributed by atoms with Crippen LogP contribution in [-0.2, 0) is 11.3 Å². The van der Waals surface area contributed by atoms with Crippen molar-refractivity contribution >= 4 is 56.5 Å². The predicted molar refractivity (Wildman–Crippen MR) is 115 cm³/mol. The van der Waals surface area contributed by atoms with Crippen LogP contribution in [0, 0.1) is 5.82 Å². The molecule has 0 saturated carbocycles. The standard InChI is InChI=1S/C20H16BrClFNO4S/c1-3-28-17-9-14(21)12(6-16(17)27-2)7-18-19(25)24(20(26)29-18)10-11-4-5-13(23)8-15(11)22/h4-9H,3,10H2,1-2H3/b18-7-. The van der Waals surface area contributed by atoms with Gasteiger partial charge in [0.05, 0.1) is 25.2 Å². The molecule has 0 N–H and O–H groups in total. The fourth-order valence-electron chi connectivity index (χ4n) is 2.69. The lowest BCUT2D eigenvalue weighted by atomic mass is 10.1. The van der Waals surface area contributed by atoms with Crippen molar-refractivity contribution in [2.75, 3.05) is 13.7 Å². The molecule has 1 heterocycles. The summed E-state index contributed by atoms with van der Waals surface area (Å²) >= 11 is 10.3. The van der Waals surface area contributed by atoms with Crippen LogP contribution in [-0.4, -0.2) is 29.8 Å². The minimum Gasteiger partial charge on any atom is -0.493 e. The van der Waals surface area contributed by atoms with E-state index < -0.39 is 17.0 Å². The molecule has 5 nitrogen and oxygen atoms in total. The number of methoxy groups -OCH3 is 1. The average molecular weight is 501 g/mol. The number of carbonyl (C=O) groups excluding carboxylic acids is 2. The van der Waals surface area contributed by atoms with E-state index in [1.807, 2.05) is 6.92 Å². The Morgan fingerprint density at radius 3 is 2.66 bits per heavy atom. The van der Waals surface area contributed by atoms with Gasteiger partial charge in [-0.15, -0.1) is 0 Å². The maximum absolute atomic E-state index is 13.2. The molecule has 0 aromatic heterocycles. The summed E-state index contributed by atoms with van der Waals surface area (Å²) in [5.74, 6) is 0.152. The Kier molecular flexibility index (Phi) is 6.87. The summed E-state index contributed by atoms with van der Waals surface area (Å²) in [7, 11) is 1.52. The first kappa shape index (κ1) is 21.7. The number of ether oxygens (including phenoxy) is 2. The van der Waals surface area contributed by atoms with Gasteiger partial charge in [-0.25, -0.2) is 4.39 Å². The van der Waals surface area contributed by atoms with Crippen LogP contribution in [0.3, 0.4) is 0 Å². The molecule has 9 heteroatoms. The third-order valence-electron chi connectivity index (χ3n) is 4.09. The van der Waals surface area contributed by atoms with Crippen molar-refractivity contribution in [2.45, 2.75) is 13.5 Å². The molecule has 2 amide bonds. The van der Waals surface area contributed by atoms with Gasteiger partial charge < -0.3 is 9.47 Å². The van der Waals surface area contributed by atoms with Gasteiger partial charge in [0.25, 0.3) is 11.1 Å². The Bertz CT molecular complexity index is 1010. The predicted octanol–water partition coefficient (Wildman–Crippen LogP) is 5.89. The molecule has 29 heavy (non-hydrogen) atoms. The first-order valence-corrected chi connectivity index (χ1v) is 10.5. The van der Waals surface area contributed by atoms with Crippen molar-refractivity contribution in [1.82, 2.24) is 4.90 Å². The highest BCUT2D eigenvalue weighted by atomic mass is 79.9. The fraction of sp³-hybridized carbons (Fsp3) is 0.200. The van der Waals surface area contributed by atoms with E-state index in [0.29, 0.717) is 33.7 Å². The van der Waals surface area contributed by atoms with Gasteiger partial charge in [0.2, 0.25) is 0 Å². The molecule has 2 aromatic rings. The van der Waals surface area contributed by atoms with Crippen molar-refractivity contribution in [3.8, 4) is 11.5 Å². The average Bonchev–Trinajstić information content (AvgIpc) is 2.93. The number of benzene rings is 2. The van der Waals surface area contributed by atoms with Crippen LogP contribution < -0.4 is 9.47 Å². The van der Waals surface area contributed by atoms with E-state index in [-0.39, 0.29) is 16.5 Å². The van der Waals surface area contributed by atoms with E-state index >= 15 is 0 Å². The smallest absolute Gasteiger partial charge is 0.293 e. The molecule has 0 unspecified atom stereocenters. The first-order chi connectivity index (χ1) is 13.8. The minimum atomic E-state index is -0.484. The zero-order valence-corrected chi connectivity index (χ0v) is 18.7. The molecule has 0 radical (unpaired) electrons. The zero-order valence-electron chi connectivity index (χ0n) is 15.5. The Balaban J connectivity index is 1.88. The van der Waals surface area contributed by atoms with Gasteiger partial charge in [0.15, 0.2) is 11.5 Å². The summed E-state index contributed by atoms with van der Waals surface area (Å²) in [5.41, 5.74) is 1.15. The third-order valence-corrected chi connectivity index (χ3v) is 6.03. The Morgan fingerprint density at radius 1 is 1.24 bits per heavy atom. The number of imide groups is 1. The lowest BCUT2D eigenvalue weighted by Crippen LogP contribution is -2.27. The lowest BCUT2D eigenvalue weighted by Gasteiger charge is -2.14. The van der Waals surface area contributed by atoms with Crippen molar-refractivity contribution in [1.29, 1.82) is 0 Å². The van der Waals surface area contributed by atoms with Crippen LogP contribution in [0.5, 0.6) is 11.5 Å². The van der Waals surface area contributed by atoms with Gasteiger partial charge in [-0.3, -0.25) is 14.5 Å². The van der Waals surface area contributed by atoms with Gasteiger partial charge >= 0.3 is 0 Å². The van der Waals surface area contributed by atoms with Crippen molar-refractivity contribution < 1.29 is 23.5 Å². The number of amides is 2. The van der Waals surface area contributed by atoms with E-state index in [1.165, 1.54) is 19.2 Å². The highest BCUT2D eigenvalue weighted by molar-refractivity contribution is 9.10. The van der Waals surface area contributed by atoms with Crippen LogP contribution in [0.2, 0.25) is 5.02 Å². The normalized spacial score (nSPS) is 15.3. The molecule has 1 saturated heterocycles. The van der Waals surface area contributed by atoms with E-state index in [1.54, 1.807) is 18.2 Å². The molecule has 0 atom stereocenters. The highest BCUT2D eigenvalue weighted by Gasteiger charge is 2.35. The first-order valence-electron chi connectivity index (χ1n) is 8.53. The Hall–Kier alpha value is -2.03. The second-order valence-electron chi connectivity index (χ2n) is 5.96. The number of hydrogen-bond acceptors (Lipinski definition) is 5. The van der Waals surface area contributed by atoms with Crippen molar-refractivity contribution in [2.24, 2.45) is 0 Å². The Morgan fingerprint density at radius 2 is 2.00 bits per heavy atom. The van der Waals surface area contributed by atoms with E-state index in [2.05, 4.69) is 15.9 Å². The molecule has 2 aromatic carbocycles. The van der Waals surface area contributed by atoms with Crippen LogP contribution in [0.1, 0.15) is 18.1 Å². The van der Waals surface area contributed by atoms with E-state index in [9.17, 15) is 14.0 Å². The summed E-state index contributed by atoms with van der Waals surface area (Å²) in [5, 5.41) is -0.261. The molecule has 1 aliphatic rings. The van der Waals surface area contributed by atoms with Crippen molar-refractivity contribution in [3.05, 3.63) is 61.7 Å². The Labute approximate surface area is 184 Å². The molecule has 1 fully saturated rings. The molecular weight excluding hydrogens is 485 g/mol. The number of rotatable bonds is 6. The topological polar surface area (TPSA) is 55.8 Å². The zero-order chi connectivity index (χ0) is 21.1. The highest BCUT2D eigenvalue weighted by Crippen LogP contribution is 2.38. The molecule has 0 bridgehead atoms. The molecule has 3 rings (SSSR count). The molecule has 152 valence electrons. The van der Waals surface area contributed by atoms with Gasteiger partial charge in [-0.05, 0) is 60.2 Å². The van der Waals surface area contributed by atoms with Crippen LogP contribution in [0.25, 0.3) is 6.08 Å². The third kappa shape index (κ3) is 4.76. The van der Waals surface area contributed by atoms with Crippen LogP contribution >= 0.6 is 39.3 Å². The van der Waals surface area contributed by atoms with Crippen molar-refractivity contribution in [3.63, 3.8) is 0 Å². The monoisotopic (exact) mass is 499 g/mol. The molecule has 1 aliphatic heterocycles. The maximum Gasteiger partial charge on any atom is 0.293 e. The second-order valence-corrected chi connectivity index (χ2v) is 8.22. The van der Waals surface area contributed by atoms with Gasteiger partial charge in [0.1, 0.15) is 5.82 Å². The van der Waals surface area contributed by atoms with E-state index in [4.69, 9.17) is 21.1 Å². The fourth-order valence-corrected chi connectivity index (χ4v) is 4.18. The van der Waals surface area contributed by atoms with Gasteiger partial charge in [0, 0.05) is 9.50 Å². The van der Waals surface area contributed by atoms with Crippen LogP contribution in [0.4, 0.5) is 9.18 Å². The minimum absolute atomic E-state index is 0.0328. The molecule has 0 aliphatic carbocycles.